The molecule has 0 aliphatic heterocycles. The standard InChI is InChI=1S/C15H22O2/c1-10-5-4-6-12-7-15(17-3)14(8-13(10)12)11(2)9-16/h7-8,10-11,16H,4-6,9H2,1-3H3. The third-order valence-electron chi connectivity index (χ3n) is 3.91. The highest BCUT2D eigenvalue weighted by atomic mass is 16.5. The molecule has 0 aromatic heterocycles. The Balaban J connectivity index is 2.48. The van der Waals surface area contributed by atoms with Gasteiger partial charge in [0.25, 0.3) is 0 Å². The van der Waals surface area contributed by atoms with Crippen LogP contribution in [-0.4, -0.2) is 18.8 Å². The normalized spacial score (nSPS) is 20.8. The molecule has 2 nitrogen and oxygen atoms in total. The molecule has 0 bridgehead atoms. The molecule has 0 saturated carbocycles. The molecule has 0 radical (unpaired) electrons. The van der Waals surface area contributed by atoms with Crippen LogP contribution in [0.25, 0.3) is 0 Å². The molecule has 2 atom stereocenters. The minimum absolute atomic E-state index is 0.143. The smallest absolute Gasteiger partial charge is 0.122 e. The molecule has 1 N–H and O–H groups in total. The van der Waals surface area contributed by atoms with Crippen LogP contribution < -0.4 is 4.74 Å². The number of aliphatic hydroxyl groups excluding tert-OH is 1. The molecule has 0 saturated heterocycles. The van der Waals surface area contributed by atoms with Crippen molar-refractivity contribution in [2.45, 2.75) is 44.9 Å². The van der Waals surface area contributed by atoms with Crippen LogP contribution in [0.2, 0.25) is 0 Å². The van der Waals surface area contributed by atoms with Crippen molar-refractivity contribution < 1.29 is 9.84 Å². The fraction of sp³-hybridized carbons (Fsp3) is 0.600. The van der Waals surface area contributed by atoms with E-state index in [-0.39, 0.29) is 12.5 Å². The van der Waals surface area contributed by atoms with Crippen molar-refractivity contribution in [1.82, 2.24) is 0 Å². The molecule has 2 heteroatoms. The number of fused-ring (bicyclic) bond motifs is 1. The number of methoxy groups -OCH3 is 1. The first-order valence-corrected chi connectivity index (χ1v) is 6.49. The average molecular weight is 234 g/mol. The fourth-order valence-corrected chi connectivity index (χ4v) is 2.75. The predicted octanol–water partition coefficient (Wildman–Crippen LogP) is 3.23. The lowest BCUT2D eigenvalue weighted by molar-refractivity contribution is 0.269. The van der Waals surface area contributed by atoms with Crippen LogP contribution >= 0.6 is 0 Å². The number of aryl methyl sites for hydroxylation is 1. The summed E-state index contributed by atoms with van der Waals surface area (Å²) in [5.41, 5.74) is 4.02. The van der Waals surface area contributed by atoms with Gasteiger partial charge in [-0.05, 0) is 47.9 Å². The lowest BCUT2D eigenvalue weighted by atomic mass is 9.81. The van der Waals surface area contributed by atoms with E-state index in [0.717, 1.165) is 17.7 Å². The maximum absolute atomic E-state index is 9.32. The molecule has 0 spiro atoms. The zero-order valence-electron chi connectivity index (χ0n) is 11.0. The Morgan fingerprint density at radius 2 is 2.24 bits per heavy atom. The van der Waals surface area contributed by atoms with E-state index in [2.05, 4.69) is 19.1 Å². The minimum atomic E-state index is 0.143. The maximum atomic E-state index is 9.32. The predicted molar refractivity (Wildman–Crippen MR) is 69.8 cm³/mol. The molecule has 1 aromatic rings. The van der Waals surface area contributed by atoms with Gasteiger partial charge < -0.3 is 9.84 Å². The number of hydrogen-bond donors (Lipinski definition) is 1. The Hall–Kier alpha value is -1.02. The van der Waals surface area contributed by atoms with Gasteiger partial charge in [0.05, 0.1) is 7.11 Å². The molecule has 1 aromatic carbocycles. The molecule has 17 heavy (non-hydrogen) atoms. The molecular formula is C15H22O2. The third-order valence-corrected chi connectivity index (χ3v) is 3.91. The zero-order valence-corrected chi connectivity index (χ0v) is 11.0. The van der Waals surface area contributed by atoms with Crippen molar-refractivity contribution in [3.8, 4) is 5.75 Å². The summed E-state index contributed by atoms with van der Waals surface area (Å²) < 4.78 is 5.46. The lowest BCUT2D eigenvalue weighted by Gasteiger charge is -2.25. The molecule has 0 fully saturated rings. The van der Waals surface area contributed by atoms with Gasteiger partial charge in [0.15, 0.2) is 0 Å². The molecule has 94 valence electrons. The van der Waals surface area contributed by atoms with Gasteiger partial charge in [-0.25, -0.2) is 0 Å². The van der Waals surface area contributed by atoms with Crippen LogP contribution in [0, 0.1) is 0 Å². The summed E-state index contributed by atoms with van der Waals surface area (Å²) in [6.45, 7) is 4.50. The zero-order chi connectivity index (χ0) is 12.4. The fourth-order valence-electron chi connectivity index (χ4n) is 2.75. The Labute approximate surface area is 104 Å². The van der Waals surface area contributed by atoms with E-state index in [0.29, 0.717) is 5.92 Å². The number of aliphatic hydroxyl groups is 1. The summed E-state index contributed by atoms with van der Waals surface area (Å²) in [5, 5.41) is 9.32. The summed E-state index contributed by atoms with van der Waals surface area (Å²) in [6.07, 6.45) is 3.70. The summed E-state index contributed by atoms with van der Waals surface area (Å²) in [4.78, 5) is 0. The van der Waals surface area contributed by atoms with Crippen molar-refractivity contribution in [3.63, 3.8) is 0 Å². The quantitative estimate of drug-likeness (QED) is 0.870. The van der Waals surface area contributed by atoms with Crippen molar-refractivity contribution in [1.29, 1.82) is 0 Å². The first kappa shape index (κ1) is 12.4. The Kier molecular flexibility index (Phi) is 3.72. The Bertz CT molecular complexity index is 398. The minimum Gasteiger partial charge on any atom is -0.496 e. The van der Waals surface area contributed by atoms with Crippen LogP contribution in [-0.2, 0) is 6.42 Å². The van der Waals surface area contributed by atoms with Gasteiger partial charge in [0.1, 0.15) is 5.75 Å². The van der Waals surface area contributed by atoms with Gasteiger partial charge in [0.2, 0.25) is 0 Å². The van der Waals surface area contributed by atoms with Crippen LogP contribution in [0.3, 0.4) is 0 Å². The number of ether oxygens (including phenoxy) is 1. The largest absolute Gasteiger partial charge is 0.496 e. The van der Waals surface area contributed by atoms with Gasteiger partial charge in [-0.1, -0.05) is 19.9 Å². The van der Waals surface area contributed by atoms with Gasteiger partial charge in [-0.3, -0.25) is 0 Å². The van der Waals surface area contributed by atoms with Gasteiger partial charge in [0, 0.05) is 12.5 Å². The number of hydrogen-bond acceptors (Lipinski definition) is 2. The molecule has 0 heterocycles. The number of benzene rings is 1. The Morgan fingerprint density at radius 3 is 2.88 bits per heavy atom. The van der Waals surface area contributed by atoms with Crippen molar-refractivity contribution in [2.75, 3.05) is 13.7 Å². The van der Waals surface area contributed by atoms with E-state index in [1.54, 1.807) is 7.11 Å². The topological polar surface area (TPSA) is 29.5 Å². The first-order valence-electron chi connectivity index (χ1n) is 6.49. The van der Waals surface area contributed by atoms with E-state index >= 15 is 0 Å². The van der Waals surface area contributed by atoms with Crippen molar-refractivity contribution >= 4 is 0 Å². The molecule has 2 rings (SSSR count). The van der Waals surface area contributed by atoms with Crippen LogP contribution in [0.1, 0.15) is 55.2 Å². The highest BCUT2D eigenvalue weighted by Crippen LogP contribution is 2.37. The lowest BCUT2D eigenvalue weighted by Crippen LogP contribution is -2.10. The second kappa shape index (κ2) is 5.09. The van der Waals surface area contributed by atoms with Crippen LogP contribution in [0.5, 0.6) is 5.75 Å². The molecule has 2 unspecified atom stereocenters. The van der Waals surface area contributed by atoms with Gasteiger partial charge in [-0.15, -0.1) is 0 Å². The van der Waals surface area contributed by atoms with Gasteiger partial charge >= 0.3 is 0 Å². The SMILES string of the molecule is COc1cc2c(cc1C(C)CO)C(C)CCC2. The first-order chi connectivity index (χ1) is 8.17. The molecule has 1 aliphatic carbocycles. The number of rotatable bonds is 3. The molecular weight excluding hydrogens is 212 g/mol. The van der Waals surface area contributed by atoms with E-state index < -0.39 is 0 Å². The monoisotopic (exact) mass is 234 g/mol. The summed E-state index contributed by atoms with van der Waals surface area (Å²) in [6, 6.07) is 4.42. The maximum Gasteiger partial charge on any atom is 0.122 e. The van der Waals surface area contributed by atoms with Crippen molar-refractivity contribution in [3.05, 3.63) is 28.8 Å². The summed E-state index contributed by atoms with van der Waals surface area (Å²) in [7, 11) is 1.71. The van der Waals surface area contributed by atoms with E-state index in [4.69, 9.17) is 4.74 Å². The van der Waals surface area contributed by atoms with E-state index in [9.17, 15) is 5.11 Å². The third kappa shape index (κ3) is 2.32. The van der Waals surface area contributed by atoms with Crippen LogP contribution in [0.15, 0.2) is 12.1 Å². The highest BCUT2D eigenvalue weighted by molar-refractivity contribution is 5.46. The summed E-state index contributed by atoms with van der Waals surface area (Å²) in [5.74, 6) is 1.71. The average Bonchev–Trinajstić information content (AvgIpc) is 2.37. The summed E-state index contributed by atoms with van der Waals surface area (Å²) >= 11 is 0. The second-order valence-electron chi connectivity index (χ2n) is 5.17. The van der Waals surface area contributed by atoms with Crippen LogP contribution in [0.4, 0.5) is 0 Å². The van der Waals surface area contributed by atoms with E-state index in [1.807, 2.05) is 6.92 Å². The second-order valence-corrected chi connectivity index (χ2v) is 5.17. The van der Waals surface area contributed by atoms with E-state index in [1.165, 1.54) is 24.0 Å². The van der Waals surface area contributed by atoms with Gasteiger partial charge in [-0.2, -0.15) is 0 Å². The Morgan fingerprint density at radius 1 is 1.47 bits per heavy atom. The molecule has 0 amide bonds. The van der Waals surface area contributed by atoms with Crippen molar-refractivity contribution in [2.24, 2.45) is 0 Å². The molecule has 1 aliphatic rings. The highest BCUT2D eigenvalue weighted by Gasteiger charge is 2.21.